The van der Waals surface area contributed by atoms with E-state index in [0.717, 1.165) is 17.9 Å². The molecule has 0 saturated carbocycles. The van der Waals surface area contributed by atoms with E-state index in [1.54, 1.807) is 12.1 Å². The highest BCUT2D eigenvalue weighted by Gasteiger charge is 2.05. The van der Waals surface area contributed by atoms with Gasteiger partial charge in [0, 0.05) is 23.5 Å². The van der Waals surface area contributed by atoms with E-state index in [1.165, 1.54) is 0 Å². The lowest BCUT2D eigenvalue weighted by molar-refractivity contribution is -0.114. The molecule has 5 nitrogen and oxygen atoms in total. The van der Waals surface area contributed by atoms with Crippen molar-refractivity contribution in [3.63, 3.8) is 0 Å². The lowest BCUT2D eigenvalue weighted by Crippen LogP contribution is -2.21. The molecule has 2 aromatic rings. The summed E-state index contributed by atoms with van der Waals surface area (Å²) in [7, 11) is 0. The number of anilines is 2. The Hall–Kier alpha value is -2.95. The highest BCUT2D eigenvalue weighted by Crippen LogP contribution is 2.19. The lowest BCUT2D eigenvalue weighted by atomic mass is 10.1. The Morgan fingerprint density at radius 1 is 1.07 bits per heavy atom. The molecule has 5 heteroatoms. The second kappa shape index (κ2) is 10.9. The van der Waals surface area contributed by atoms with Gasteiger partial charge in [-0.25, -0.2) is 0 Å². The zero-order valence-electron chi connectivity index (χ0n) is 16.0. The van der Waals surface area contributed by atoms with Crippen LogP contribution < -0.4 is 20.1 Å². The van der Waals surface area contributed by atoms with Crippen LogP contribution in [0.15, 0.2) is 61.2 Å². The van der Waals surface area contributed by atoms with E-state index in [-0.39, 0.29) is 12.5 Å². The highest BCUT2D eigenvalue weighted by atomic mass is 16.5. The third kappa shape index (κ3) is 7.86. The minimum Gasteiger partial charge on any atom is -0.494 e. The van der Waals surface area contributed by atoms with Crippen LogP contribution in [-0.2, 0) is 4.79 Å². The van der Waals surface area contributed by atoms with Crippen LogP contribution in [0, 0.1) is 5.92 Å². The van der Waals surface area contributed by atoms with Gasteiger partial charge in [-0.1, -0.05) is 38.6 Å². The Balaban J connectivity index is 1.82. The zero-order valence-corrected chi connectivity index (χ0v) is 16.0. The molecule has 2 aromatic carbocycles. The van der Waals surface area contributed by atoms with Crippen LogP contribution in [0.2, 0.25) is 0 Å². The van der Waals surface area contributed by atoms with Crippen LogP contribution in [0.3, 0.4) is 0 Å². The first-order valence-corrected chi connectivity index (χ1v) is 9.17. The molecule has 0 saturated heterocycles. The summed E-state index contributed by atoms with van der Waals surface area (Å²) in [5.74, 6) is 1.96. The lowest BCUT2D eigenvalue weighted by Gasteiger charge is -2.11. The molecule has 27 heavy (non-hydrogen) atoms. The van der Waals surface area contributed by atoms with Gasteiger partial charge >= 0.3 is 0 Å². The first-order valence-electron chi connectivity index (χ1n) is 9.17. The van der Waals surface area contributed by atoms with Crippen molar-refractivity contribution < 1.29 is 14.3 Å². The minimum atomic E-state index is -0.137. The molecule has 1 amide bonds. The van der Waals surface area contributed by atoms with Crippen molar-refractivity contribution >= 4 is 17.3 Å². The van der Waals surface area contributed by atoms with Gasteiger partial charge in [-0.3, -0.25) is 4.79 Å². The quantitative estimate of drug-likeness (QED) is 0.563. The van der Waals surface area contributed by atoms with Gasteiger partial charge in [0.05, 0.1) is 13.2 Å². The van der Waals surface area contributed by atoms with E-state index < -0.39 is 0 Å². The molecule has 2 N–H and O–H groups in total. The zero-order chi connectivity index (χ0) is 19.5. The Bertz CT molecular complexity index is 744. The van der Waals surface area contributed by atoms with E-state index in [1.807, 2.05) is 42.5 Å². The Kier molecular flexibility index (Phi) is 8.23. The molecule has 0 radical (unpaired) electrons. The topological polar surface area (TPSA) is 59.6 Å². The van der Waals surface area contributed by atoms with Gasteiger partial charge in [0.15, 0.2) is 0 Å². The van der Waals surface area contributed by atoms with Gasteiger partial charge in [0.1, 0.15) is 18.1 Å². The third-order valence-corrected chi connectivity index (χ3v) is 3.74. The van der Waals surface area contributed by atoms with E-state index >= 15 is 0 Å². The van der Waals surface area contributed by atoms with Crippen molar-refractivity contribution in [2.75, 3.05) is 30.4 Å². The number of rotatable bonds is 11. The van der Waals surface area contributed by atoms with Crippen molar-refractivity contribution in [3.05, 3.63) is 61.2 Å². The molecule has 0 atom stereocenters. The molecular formula is C22H28N2O3. The Labute approximate surface area is 161 Å². The normalized spacial score (nSPS) is 10.3. The summed E-state index contributed by atoms with van der Waals surface area (Å²) in [4.78, 5) is 12.2. The molecule has 144 valence electrons. The van der Waals surface area contributed by atoms with Crippen molar-refractivity contribution in [1.29, 1.82) is 0 Å². The fourth-order valence-electron chi connectivity index (χ4n) is 2.31. The second-order valence-electron chi connectivity index (χ2n) is 6.59. The monoisotopic (exact) mass is 368 g/mol. The summed E-state index contributed by atoms with van der Waals surface area (Å²) in [6, 6.07) is 14.9. The van der Waals surface area contributed by atoms with Gasteiger partial charge in [-0.05, 0) is 36.6 Å². The summed E-state index contributed by atoms with van der Waals surface area (Å²) >= 11 is 0. The third-order valence-electron chi connectivity index (χ3n) is 3.74. The molecule has 0 heterocycles. The molecule has 0 spiro atoms. The number of hydrogen-bond donors (Lipinski definition) is 2. The van der Waals surface area contributed by atoms with Crippen LogP contribution >= 0.6 is 0 Å². The number of amides is 1. The van der Waals surface area contributed by atoms with Crippen molar-refractivity contribution in [2.24, 2.45) is 5.92 Å². The standard InChI is InChI=1S/C22H28N2O3/c1-4-12-26-21-10-6-8-19(15-21)24-22(25)16-23-18-7-5-9-20(14-18)27-13-11-17(2)3/h4-10,14-15,17,23H,1,11-13,16H2,2-3H3,(H,24,25). The number of carbonyl (C=O) groups is 1. The van der Waals surface area contributed by atoms with Crippen LogP contribution in [0.5, 0.6) is 11.5 Å². The van der Waals surface area contributed by atoms with E-state index in [9.17, 15) is 4.79 Å². The van der Waals surface area contributed by atoms with Gasteiger partial charge < -0.3 is 20.1 Å². The van der Waals surface area contributed by atoms with E-state index in [2.05, 4.69) is 31.1 Å². The average Bonchev–Trinajstić information content (AvgIpc) is 2.65. The molecule has 0 aliphatic heterocycles. The maximum absolute atomic E-state index is 12.2. The number of carbonyl (C=O) groups excluding carboxylic acids is 1. The summed E-state index contributed by atoms with van der Waals surface area (Å²) in [6.07, 6.45) is 2.69. The van der Waals surface area contributed by atoms with Gasteiger partial charge in [0.25, 0.3) is 0 Å². The SMILES string of the molecule is C=CCOc1cccc(NC(=O)CNc2cccc(OCCC(C)C)c2)c1. The number of ether oxygens (including phenoxy) is 2. The molecule has 0 fully saturated rings. The smallest absolute Gasteiger partial charge is 0.243 e. The van der Waals surface area contributed by atoms with Crippen LogP contribution in [0.25, 0.3) is 0 Å². The second-order valence-corrected chi connectivity index (χ2v) is 6.59. The highest BCUT2D eigenvalue weighted by molar-refractivity contribution is 5.93. The number of nitrogens with one attached hydrogen (secondary N) is 2. The van der Waals surface area contributed by atoms with Crippen LogP contribution in [0.4, 0.5) is 11.4 Å². The van der Waals surface area contributed by atoms with E-state index in [4.69, 9.17) is 9.47 Å². The predicted octanol–water partition coefficient (Wildman–Crippen LogP) is 4.73. The maximum Gasteiger partial charge on any atom is 0.243 e. The predicted molar refractivity (Wildman–Crippen MR) is 111 cm³/mol. The van der Waals surface area contributed by atoms with Crippen LogP contribution in [0.1, 0.15) is 20.3 Å². The van der Waals surface area contributed by atoms with Gasteiger partial charge in [0.2, 0.25) is 5.91 Å². The molecule has 0 aromatic heterocycles. The molecule has 0 aliphatic carbocycles. The summed E-state index contributed by atoms with van der Waals surface area (Å²) in [5, 5.41) is 5.97. The summed E-state index contributed by atoms with van der Waals surface area (Å²) < 4.78 is 11.2. The molecular weight excluding hydrogens is 340 g/mol. The van der Waals surface area contributed by atoms with E-state index in [0.29, 0.717) is 30.6 Å². The summed E-state index contributed by atoms with van der Waals surface area (Å²) in [6.45, 7) is 9.23. The fourth-order valence-corrected chi connectivity index (χ4v) is 2.31. The van der Waals surface area contributed by atoms with Gasteiger partial charge in [-0.15, -0.1) is 0 Å². The van der Waals surface area contributed by atoms with Gasteiger partial charge in [-0.2, -0.15) is 0 Å². The van der Waals surface area contributed by atoms with Crippen molar-refractivity contribution in [2.45, 2.75) is 20.3 Å². The van der Waals surface area contributed by atoms with Crippen LogP contribution in [-0.4, -0.2) is 25.7 Å². The summed E-state index contributed by atoms with van der Waals surface area (Å²) in [5.41, 5.74) is 1.53. The number of benzene rings is 2. The fraction of sp³-hybridized carbons (Fsp3) is 0.318. The van der Waals surface area contributed by atoms with Crippen molar-refractivity contribution in [1.82, 2.24) is 0 Å². The Morgan fingerprint density at radius 2 is 1.74 bits per heavy atom. The first-order chi connectivity index (χ1) is 13.1. The minimum absolute atomic E-state index is 0.137. The first kappa shape index (κ1) is 20.4. The largest absolute Gasteiger partial charge is 0.494 e. The molecule has 2 rings (SSSR count). The molecule has 0 unspecified atom stereocenters. The Morgan fingerprint density at radius 3 is 2.44 bits per heavy atom. The maximum atomic E-state index is 12.2. The molecule has 0 aliphatic rings. The average molecular weight is 368 g/mol. The molecule has 0 bridgehead atoms. The van der Waals surface area contributed by atoms with Crippen molar-refractivity contribution in [3.8, 4) is 11.5 Å². The number of hydrogen-bond acceptors (Lipinski definition) is 4.